The van der Waals surface area contributed by atoms with E-state index in [9.17, 15) is 0 Å². The van der Waals surface area contributed by atoms with Gasteiger partial charge in [0.25, 0.3) is 0 Å². The zero-order valence-corrected chi connectivity index (χ0v) is 12.5. The molecular weight excluding hydrogens is 305 g/mol. The van der Waals surface area contributed by atoms with Crippen molar-refractivity contribution in [2.24, 2.45) is 0 Å². The van der Waals surface area contributed by atoms with Crippen LogP contribution in [0.1, 0.15) is 16.8 Å². The highest BCUT2D eigenvalue weighted by molar-refractivity contribution is 6.40. The topological polar surface area (TPSA) is 54.7 Å². The van der Waals surface area contributed by atoms with Crippen molar-refractivity contribution in [3.8, 4) is 11.8 Å². The molecule has 2 aromatic rings. The van der Waals surface area contributed by atoms with Gasteiger partial charge >= 0.3 is 0 Å². The molecule has 0 saturated heterocycles. The van der Waals surface area contributed by atoms with Crippen LogP contribution in [-0.4, -0.2) is 4.57 Å². The minimum absolute atomic E-state index is 0.323. The average molecular weight is 315 g/mol. The SMILES string of the molecule is Cc1c(C#N)c(N)n(-c2c(Cl)cc(Cl)cc2Cl)c1C. The summed E-state index contributed by atoms with van der Waals surface area (Å²) in [7, 11) is 0. The lowest BCUT2D eigenvalue weighted by molar-refractivity contribution is 1.02. The van der Waals surface area contributed by atoms with Crippen molar-refractivity contribution in [1.29, 1.82) is 5.26 Å². The van der Waals surface area contributed by atoms with Crippen LogP contribution in [0.4, 0.5) is 5.82 Å². The predicted octanol–water partition coefficient (Wildman–Crippen LogP) is 4.51. The van der Waals surface area contributed by atoms with Crippen molar-refractivity contribution in [3.63, 3.8) is 0 Å². The van der Waals surface area contributed by atoms with Crippen molar-refractivity contribution < 1.29 is 0 Å². The fourth-order valence-electron chi connectivity index (χ4n) is 2.01. The number of hydrogen-bond acceptors (Lipinski definition) is 2. The molecule has 0 amide bonds. The second-order valence-corrected chi connectivity index (χ2v) is 5.39. The monoisotopic (exact) mass is 313 g/mol. The summed E-state index contributed by atoms with van der Waals surface area (Å²) in [6, 6.07) is 5.26. The Bertz CT molecular complexity index is 688. The quantitative estimate of drug-likeness (QED) is 0.842. The maximum absolute atomic E-state index is 9.14. The van der Waals surface area contributed by atoms with Gasteiger partial charge < -0.3 is 5.73 Å². The Labute approximate surface area is 126 Å². The Hall–Kier alpha value is -1.34. The van der Waals surface area contributed by atoms with Crippen molar-refractivity contribution in [2.45, 2.75) is 13.8 Å². The molecule has 0 atom stereocenters. The fourth-order valence-corrected chi connectivity index (χ4v) is 3.00. The first-order valence-electron chi connectivity index (χ1n) is 5.40. The molecule has 6 heteroatoms. The van der Waals surface area contributed by atoms with E-state index in [1.54, 1.807) is 16.7 Å². The third-order valence-electron chi connectivity index (χ3n) is 3.07. The van der Waals surface area contributed by atoms with Crippen LogP contribution in [0.15, 0.2) is 12.1 Å². The summed E-state index contributed by atoms with van der Waals surface area (Å²) in [5.41, 5.74) is 8.61. The van der Waals surface area contributed by atoms with Gasteiger partial charge in [0.1, 0.15) is 11.9 Å². The van der Waals surface area contributed by atoms with Crippen molar-refractivity contribution in [1.82, 2.24) is 4.57 Å². The summed E-state index contributed by atoms with van der Waals surface area (Å²) in [6.07, 6.45) is 0. The summed E-state index contributed by atoms with van der Waals surface area (Å²) in [5.74, 6) is 0.323. The molecule has 0 radical (unpaired) electrons. The van der Waals surface area contributed by atoms with E-state index in [0.717, 1.165) is 11.3 Å². The lowest BCUT2D eigenvalue weighted by atomic mass is 10.2. The molecule has 0 bridgehead atoms. The molecule has 2 rings (SSSR count). The Morgan fingerprint density at radius 1 is 1.16 bits per heavy atom. The van der Waals surface area contributed by atoms with Crippen LogP contribution < -0.4 is 5.73 Å². The highest BCUT2D eigenvalue weighted by atomic mass is 35.5. The maximum Gasteiger partial charge on any atom is 0.126 e. The first-order chi connectivity index (χ1) is 8.88. The van der Waals surface area contributed by atoms with E-state index >= 15 is 0 Å². The number of rotatable bonds is 1. The van der Waals surface area contributed by atoms with Gasteiger partial charge in [-0.3, -0.25) is 4.57 Å². The molecule has 0 aliphatic heterocycles. The summed E-state index contributed by atoms with van der Waals surface area (Å²) in [5, 5.41) is 10.3. The lowest BCUT2D eigenvalue weighted by Gasteiger charge is -2.13. The number of nitriles is 1. The molecule has 19 heavy (non-hydrogen) atoms. The number of hydrogen-bond donors (Lipinski definition) is 1. The highest BCUT2D eigenvalue weighted by Gasteiger charge is 2.20. The van der Waals surface area contributed by atoms with Gasteiger partial charge in [0.2, 0.25) is 0 Å². The second-order valence-electron chi connectivity index (χ2n) is 4.14. The summed E-state index contributed by atoms with van der Waals surface area (Å²) in [6.45, 7) is 3.69. The minimum atomic E-state index is 0.323. The number of anilines is 1. The van der Waals surface area contributed by atoms with Crippen LogP contribution in [0.5, 0.6) is 0 Å². The normalized spacial score (nSPS) is 10.5. The molecule has 2 N–H and O–H groups in total. The molecule has 0 aliphatic rings. The first kappa shape index (κ1) is 14.1. The van der Waals surface area contributed by atoms with Crippen molar-refractivity contribution in [2.75, 3.05) is 5.73 Å². The van der Waals surface area contributed by atoms with E-state index in [0.29, 0.717) is 32.1 Å². The van der Waals surface area contributed by atoms with Crippen LogP contribution >= 0.6 is 34.8 Å². The Balaban J connectivity index is 2.85. The third kappa shape index (κ3) is 2.17. The Morgan fingerprint density at radius 3 is 2.11 bits per heavy atom. The number of halogens is 3. The van der Waals surface area contributed by atoms with E-state index < -0.39 is 0 Å². The Kier molecular flexibility index (Phi) is 3.69. The molecule has 3 nitrogen and oxygen atoms in total. The van der Waals surface area contributed by atoms with Gasteiger partial charge in [-0.15, -0.1) is 0 Å². The van der Waals surface area contributed by atoms with Crippen molar-refractivity contribution >= 4 is 40.6 Å². The van der Waals surface area contributed by atoms with E-state index in [1.807, 2.05) is 13.8 Å². The number of benzene rings is 1. The van der Waals surface area contributed by atoms with E-state index in [4.69, 9.17) is 45.8 Å². The molecule has 0 spiro atoms. The van der Waals surface area contributed by atoms with Crippen LogP contribution in [-0.2, 0) is 0 Å². The van der Waals surface area contributed by atoms with Crippen LogP contribution in [0.2, 0.25) is 15.1 Å². The third-order valence-corrected chi connectivity index (χ3v) is 3.86. The van der Waals surface area contributed by atoms with E-state index in [-0.39, 0.29) is 0 Å². The maximum atomic E-state index is 9.14. The lowest BCUT2D eigenvalue weighted by Crippen LogP contribution is -2.04. The van der Waals surface area contributed by atoms with E-state index in [1.165, 1.54) is 0 Å². The van der Waals surface area contributed by atoms with Gasteiger partial charge in [-0.1, -0.05) is 34.8 Å². The number of nitrogens with zero attached hydrogens (tertiary/aromatic N) is 2. The molecule has 1 aromatic carbocycles. The van der Waals surface area contributed by atoms with Crippen molar-refractivity contribution in [3.05, 3.63) is 44.0 Å². The van der Waals surface area contributed by atoms with Crippen LogP contribution in [0.3, 0.4) is 0 Å². The molecular formula is C13H10Cl3N3. The summed E-state index contributed by atoms with van der Waals surface area (Å²) in [4.78, 5) is 0. The summed E-state index contributed by atoms with van der Waals surface area (Å²) < 4.78 is 1.68. The summed E-state index contributed by atoms with van der Waals surface area (Å²) >= 11 is 18.3. The number of nitrogen functional groups attached to an aromatic ring is 1. The first-order valence-corrected chi connectivity index (χ1v) is 6.54. The minimum Gasteiger partial charge on any atom is -0.384 e. The van der Waals surface area contributed by atoms with Crippen LogP contribution in [0, 0.1) is 25.2 Å². The van der Waals surface area contributed by atoms with Gasteiger partial charge in [0.05, 0.1) is 21.3 Å². The molecule has 0 saturated carbocycles. The van der Waals surface area contributed by atoms with Crippen LogP contribution in [0.25, 0.3) is 5.69 Å². The van der Waals surface area contributed by atoms with Gasteiger partial charge in [0, 0.05) is 10.7 Å². The van der Waals surface area contributed by atoms with Gasteiger partial charge in [-0.25, -0.2) is 0 Å². The highest BCUT2D eigenvalue weighted by Crippen LogP contribution is 2.37. The molecule has 1 aromatic heterocycles. The fraction of sp³-hybridized carbons (Fsp3) is 0.154. The molecule has 98 valence electrons. The Morgan fingerprint density at radius 2 is 1.68 bits per heavy atom. The molecule has 0 fully saturated rings. The zero-order chi connectivity index (χ0) is 14.3. The molecule has 0 unspecified atom stereocenters. The smallest absolute Gasteiger partial charge is 0.126 e. The largest absolute Gasteiger partial charge is 0.384 e. The van der Waals surface area contributed by atoms with Gasteiger partial charge in [0.15, 0.2) is 0 Å². The number of nitrogens with two attached hydrogens (primary N) is 1. The van der Waals surface area contributed by atoms with Gasteiger partial charge in [-0.05, 0) is 31.5 Å². The number of aromatic nitrogens is 1. The average Bonchev–Trinajstić information content (AvgIpc) is 2.52. The zero-order valence-electron chi connectivity index (χ0n) is 10.3. The predicted molar refractivity (Wildman–Crippen MR) is 79.4 cm³/mol. The van der Waals surface area contributed by atoms with Gasteiger partial charge in [-0.2, -0.15) is 5.26 Å². The molecule has 0 aliphatic carbocycles. The van der Waals surface area contributed by atoms with E-state index in [2.05, 4.69) is 6.07 Å². The standard InChI is InChI=1S/C13H10Cl3N3/c1-6-7(2)19(13(18)9(6)5-17)12-10(15)3-8(14)4-11(12)16/h3-4H,18H2,1-2H3. The second kappa shape index (κ2) is 4.97. The molecule has 1 heterocycles.